The van der Waals surface area contributed by atoms with E-state index in [0.717, 1.165) is 41.9 Å². The zero-order valence-electron chi connectivity index (χ0n) is 14.1. The Bertz CT molecular complexity index is 450. The van der Waals surface area contributed by atoms with E-state index >= 15 is 0 Å². The Labute approximate surface area is 134 Å². The van der Waals surface area contributed by atoms with Crippen molar-refractivity contribution in [3.05, 3.63) is 0 Å². The third-order valence-corrected chi connectivity index (χ3v) is 8.04. The number of fused-ring (bicyclic) bond motifs is 5. The number of nitrogens with zero attached hydrogens (tertiary/aromatic N) is 1. The van der Waals surface area contributed by atoms with Crippen LogP contribution in [0.4, 0.5) is 0 Å². The maximum atomic E-state index is 3.94. The molecule has 0 aliphatic carbocycles. The molecule has 7 atom stereocenters. The summed E-state index contributed by atoms with van der Waals surface area (Å²) in [7, 11) is 0. The maximum Gasteiger partial charge on any atom is 0.0293 e. The van der Waals surface area contributed by atoms with E-state index in [2.05, 4.69) is 34.7 Å². The van der Waals surface area contributed by atoms with E-state index in [-0.39, 0.29) is 0 Å². The molecular formula is C18H32N4. The molecule has 124 valence electrons. The molecular weight excluding hydrogens is 272 g/mol. The maximum absolute atomic E-state index is 3.94. The first kappa shape index (κ1) is 14.2. The van der Waals surface area contributed by atoms with Gasteiger partial charge in [-0.15, -0.1) is 0 Å². The molecule has 0 aromatic rings. The van der Waals surface area contributed by atoms with Gasteiger partial charge in [-0.1, -0.05) is 13.8 Å². The SMILES string of the molecule is CC1(C)C2CNCCC2N2C3CCNCC3C3NCCC1C32. The summed E-state index contributed by atoms with van der Waals surface area (Å²) >= 11 is 0. The minimum Gasteiger partial charge on any atom is -0.316 e. The number of rotatable bonds is 0. The van der Waals surface area contributed by atoms with Crippen molar-refractivity contribution in [2.45, 2.75) is 57.3 Å². The van der Waals surface area contributed by atoms with Gasteiger partial charge in [0, 0.05) is 36.6 Å². The first-order chi connectivity index (χ1) is 10.7. The first-order valence-corrected chi connectivity index (χ1v) is 9.62. The van der Waals surface area contributed by atoms with Gasteiger partial charge < -0.3 is 16.0 Å². The summed E-state index contributed by atoms with van der Waals surface area (Å²) in [6.45, 7) is 11.3. The van der Waals surface area contributed by atoms with Gasteiger partial charge in [0.15, 0.2) is 0 Å². The molecule has 0 amide bonds. The highest BCUT2D eigenvalue weighted by atomic mass is 15.3. The number of hydrogen-bond donors (Lipinski definition) is 3. The van der Waals surface area contributed by atoms with Gasteiger partial charge in [0.2, 0.25) is 0 Å². The molecule has 0 bridgehead atoms. The molecule has 5 saturated heterocycles. The monoisotopic (exact) mass is 304 g/mol. The molecule has 0 spiro atoms. The van der Waals surface area contributed by atoms with E-state index in [0.29, 0.717) is 5.41 Å². The van der Waals surface area contributed by atoms with E-state index in [4.69, 9.17) is 0 Å². The van der Waals surface area contributed by atoms with Gasteiger partial charge in [0.05, 0.1) is 0 Å². The van der Waals surface area contributed by atoms with Gasteiger partial charge in [-0.05, 0) is 62.7 Å². The highest BCUT2D eigenvalue weighted by molar-refractivity contribution is 5.18. The quantitative estimate of drug-likeness (QED) is 0.614. The van der Waals surface area contributed by atoms with Gasteiger partial charge in [0.1, 0.15) is 0 Å². The lowest BCUT2D eigenvalue weighted by Gasteiger charge is -2.61. The zero-order valence-corrected chi connectivity index (χ0v) is 14.1. The molecule has 22 heavy (non-hydrogen) atoms. The van der Waals surface area contributed by atoms with Crippen LogP contribution in [0.5, 0.6) is 0 Å². The number of nitrogens with one attached hydrogen (secondary N) is 3. The van der Waals surface area contributed by atoms with E-state index in [1.807, 2.05) is 0 Å². The Balaban J connectivity index is 1.59. The smallest absolute Gasteiger partial charge is 0.0293 e. The van der Waals surface area contributed by atoms with Crippen LogP contribution in [0.1, 0.15) is 33.1 Å². The Morgan fingerprint density at radius 2 is 1.64 bits per heavy atom. The van der Waals surface area contributed by atoms with Gasteiger partial charge >= 0.3 is 0 Å². The Hall–Kier alpha value is -0.160. The molecule has 5 fully saturated rings. The summed E-state index contributed by atoms with van der Waals surface area (Å²) in [5.74, 6) is 2.56. The second kappa shape index (κ2) is 4.92. The summed E-state index contributed by atoms with van der Waals surface area (Å²) in [6, 6.07) is 3.21. The summed E-state index contributed by atoms with van der Waals surface area (Å²) in [6.07, 6.45) is 4.10. The second-order valence-electron chi connectivity index (χ2n) is 9.02. The molecule has 3 N–H and O–H groups in total. The van der Waals surface area contributed by atoms with Crippen molar-refractivity contribution in [2.75, 3.05) is 32.7 Å². The molecule has 0 radical (unpaired) electrons. The van der Waals surface area contributed by atoms with Crippen LogP contribution in [-0.4, -0.2) is 61.8 Å². The van der Waals surface area contributed by atoms with Crippen molar-refractivity contribution < 1.29 is 0 Å². The van der Waals surface area contributed by atoms with Crippen LogP contribution in [-0.2, 0) is 0 Å². The largest absolute Gasteiger partial charge is 0.316 e. The van der Waals surface area contributed by atoms with Crippen LogP contribution < -0.4 is 16.0 Å². The highest BCUT2D eigenvalue weighted by Gasteiger charge is 2.63. The molecule has 4 heteroatoms. The fraction of sp³-hybridized carbons (Fsp3) is 1.00. The molecule has 0 aromatic heterocycles. The van der Waals surface area contributed by atoms with Crippen LogP contribution >= 0.6 is 0 Å². The van der Waals surface area contributed by atoms with Crippen molar-refractivity contribution >= 4 is 0 Å². The van der Waals surface area contributed by atoms with Crippen LogP contribution in [0.2, 0.25) is 0 Å². The highest BCUT2D eigenvalue weighted by Crippen LogP contribution is 2.56. The molecule has 0 saturated carbocycles. The Morgan fingerprint density at radius 1 is 0.864 bits per heavy atom. The van der Waals surface area contributed by atoms with Crippen LogP contribution in [0.25, 0.3) is 0 Å². The fourth-order valence-corrected chi connectivity index (χ4v) is 7.09. The lowest BCUT2D eigenvalue weighted by molar-refractivity contribution is -0.112. The third-order valence-electron chi connectivity index (χ3n) is 8.04. The molecule has 5 rings (SSSR count). The first-order valence-electron chi connectivity index (χ1n) is 9.62. The van der Waals surface area contributed by atoms with Crippen LogP contribution in [0.15, 0.2) is 0 Å². The van der Waals surface area contributed by atoms with Crippen molar-refractivity contribution in [2.24, 2.45) is 23.2 Å². The topological polar surface area (TPSA) is 39.3 Å². The average Bonchev–Trinajstić information content (AvgIpc) is 2.88. The third kappa shape index (κ3) is 1.73. The van der Waals surface area contributed by atoms with E-state index in [1.54, 1.807) is 0 Å². The molecule has 7 unspecified atom stereocenters. The summed E-state index contributed by atoms with van der Waals surface area (Å²) in [5, 5.41) is 11.3. The predicted octanol–water partition coefficient (Wildman–Crippen LogP) is 0.645. The van der Waals surface area contributed by atoms with Crippen molar-refractivity contribution in [1.82, 2.24) is 20.9 Å². The number of hydrogen-bond acceptors (Lipinski definition) is 4. The van der Waals surface area contributed by atoms with Gasteiger partial charge in [-0.3, -0.25) is 4.90 Å². The molecule has 5 aliphatic heterocycles. The van der Waals surface area contributed by atoms with E-state index in [1.165, 1.54) is 52.0 Å². The summed E-state index contributed by atoms with van der Waals surface area (Å²) in [4.78, 5) is 3.06. The lowest BCUT2D eigenvalue weighted by atomic mass is 9.57. The lowest BCUT2D eigenvalue weighted by Crippen LogP contribution is -2.69. The molecule has 4 nitrogen and oxygen atoms in total. The molecule has 5 aliphatic rings. The average molecular weight is 304 g/mol. The zero-order chi connectivity index (χ0) is 14.9. The van der Waals surface area contributed by atoms with Crippen molar-refractivity contribution in [1.29, 1.82) is 0 Å². The predicted molar refractivity (Wildman–Crippen MR) is 88.8 cm³/mol. The van der Waals surface area contributed by atoms with Gasteiger partial charge in [-0.2, -0.15) is 0 Å². The van der Waals surface area contributed by atoms with Gasteiger partial charge in [0.25, 0.3) is 0 Å². The molecule has 5 heterocycles. The minimum atomic E-state index is 0.487. The van der Waals surface area contributed by atoms with E-state index < -0.39 is 0 Å². The minimum absolute atomic E-state index is 0.487. The van der Waals surface area contributed by atoms with Crippen LogP contribution in [0, 0.1) is 23.2 Å². The van der Waals surface area contributed by atoms with Crippen LogP contribution in [0.3, 0.4) is 0 Å². The molecule has 0 aromatic carbocycles. The normalized spacial score (nSPS) is 53.5. The summed E-state index contributed by atoms with van der Waals surface area (Å²) < 4.78 is 0. The Morgan fingerprint density at radius 3 is 2.50 bits per heavy atom. The van der Waals surface area contributed by atoms with Crippen molar-refractivity contribution in [3.63, 3.8) is 0 Å². The summed E-state index contributed by atoms with van der Waals surface area (Å²) in [5.41, 5.74) is 0.487. The Kier molecular flexibility index (Phi) is 3.18. The standard InChI is InChI=1S/C18H32N4/c1-18(2)12-3-8-21-16-11-9-19-6-4-14(11)22(17(12)16)15-5-7-20-10-13(15)18/h11-17,19-21H,3-10H2,1-2H3. The van der Waals surface area contributed by atoms with Gasteiger partial charge in [-0.25, -0.2) is 0 Å². The fourth-order valence-electron chi connectivity index (χ4n) is 7.09. The van der Waals surface area contributed by atoms with Crippen molar-refractivity contribution in [3.8, 4) is 0 Å². The second-order valence-corrected chi connectivity index (χ2v) is 9.02. The number of piperidine rings is 4. The van der Waals surface area contributed by atoms with E-state index in [9.17, 15) is 0 Å².